The van der Waals surface area contributed by atoms with E-state index in [1.54, 1.807) is 12.1 Å². The van der Waals surface area contributed by atoms with Crippen molar-refractivity contribution in [1.82, 2.24) is 10.6 Å². The zero-order chi connectivity index (χ0) is 23.9. The Bertz CT molecular complexity index is 984. The molecule has 1 aromatic carbocycles. The van der Waals surface area contributed by atoms with Gasteiger partial charge in [-0.2, -0.15) is 0 Å². The highest BCUT2D eigenvalue weighted by atomic mass is 16.5. The third kappa shape index (κ3) is 5.95. The van der Waals surface area contributed by atoms with Crippen molar-refractivity contribution in [3.63, 3.8) is 0 Å². The Morgan fingerprint density at radius 2 is 1.97 bits per heavy atom. The number of aliphatic imine (C=N–C) groups is 1. The molecular formula is C25H33N5O4. The van der Waals surface area contributed by atoms with Crippen LogP contribution in [0.3, 0.4) is 0 Å². The zero-order valence-electron chi connectivity index (χ0n) is 19.6. The van der Waals surface area contributed by atoms with E-state index in [4.69, 9.17) is 4.99 Å². The number of amides is 3. The lowest BCUT2D eigenvalue weighted by atomic mass is 9.88. The molecule has 0 spiro atoms. The smallest absolute Gasteiger partial charge is 0.411 e. The number of carbonyl (C=O) groups is 3. The number of ether oxygens (including phenoxy) is 1. The highest BCUT2D eigenvalue weighted by molar-refractivity contribution is 5.95. The lowest BCUT2D eigenvalue weighted by molar-refractivity contribution is -0.126. The number of anilines is 2. The second kappa shape index (κ2) is 11.2. The van der Waals surface area contributed by atoms with E-state index >= 15 is 0 Å². The van der Waals surface area contributed by atoms with Crippen LogP contribution in [-0.4, -0.2) is 43.4 Å². The molecule has 2 aliphatic heterocycles. The van der Waals surface area contributed by atoms with Gasteiger partial charge < -0.3 is 20.7 Å². The van der Waals surface area contributed by atoms with Crippen molar-refractivity contribution < 1.29 is 19.1 Å². The highest BCUT2D eigenvalue weighted by Crippen LogP contribution is 2.31. The number of carbonyl (C=O) groups excluding carboxylic acids is 3. The van der Waals surface area contributed by atoms with Gasteiger partial charge in [0.2, 0.25) is 11.8 Å². The van der Waals surface area contributed by atoms with Crippen LogP contribution in [0, 0.1) is 5.92 Å². The monoisotopic (exact) mass is 467 g/mol. The molecule has 2 atom stereocenters. The summed E-state index contributed by atoms with van der Waals surface area (Å²) in [4.78, 5) is 42.0. The van der Waals surface area contributed by atoms with Gasteiger partial charge in [-0.15, -0.1) is 0 Å². The van der Waals surface area contributed by atoms with Gasteiger partial charge in [-0.05, 0) is 37.8 Å². The molecule has 0 radical (unpaired) electrons. The van der Waals surface area contributed by atoms with Gasteiger partial charge in [-0.3, -0.25) is 19.9 Å². The SMILES string of the molecule is COC(=O)Nc1ccc2c(c1)NC(=O)CC/C=C/C[C@H](NC(=O)C1CCCCC1)C1=NC2CN1. The van der Waals surface area contributed by atoms with Crippen LogP contribution < -0.4 is 21.3 Å². The van der Waals surface area contributed by atoms with Crippen LogP contribution in [-0.2, 0) is 14.3 Å². The lowest BCUT2D eigenvalue weighted by Crippen LogP contribution is -2.47. The second-order valence-electron chi connectivity index (χ2n) is 9.02. The molecule has 9 nitrogen and oxygen atoms in total. The number of nitrogens with one attached hydrogen (secondary N) is 4. The predicted molar refractivity (Wildman–Crippen MR) is 131 cm³/mol. The Hall–Kier alpha value is -3.36. The van der Waals surface area contributed by atoms with Crippen molar-refractivity contribution in [2.45, 2.75) is 63.5 Å². The van der Waals surface area contributed by atoms with Crippen LogP contribution >= 0.6 is 0 Å². The van der Waals surface area contributed by atoms with Gasteiger partial charge in [-0.1, -0.05) is 37.5 Å². The number of allylic oxidation sites excluding steroid dienone is 1. The van der Waals surface area contributed by atoms with Gasteiger partial charge in [0.1, 0.15) is 5.84 Å². The fraction of sp³-hybridized carbons (Fsp3) is 0.520. The molecule has 3 aliphatic rings. The average Bonchev–Trinajstić information content (AvgIpc) is 3.33. The minimum Gasteiger partial charge on any atom is -0.453 e. The summed E-state index contributed by atoms with van der Waals surface area (Å²) in [6.45, 7) is 0.557. The van der Waals surface area contributed by atoms with Gasteiger partial charge >= 0.3 is 6.09 Å². The number of methoxy groups -OCH3 is 1. The topological polar surface area (TPSA) is 121 Å². The van der Waals surface area contributed by atoms with Crippen molar-refractivity contribution >= 4 is 35.1 Å². The molecule has 1 aliphatic carbocycles. The number of fused-ring (bicyclic) bond motifs is 3. The van der Waals surface area contributed by atoms with Crippen molar-refractivity contribution in [1.29, 1.82) is 0 Å². The Morgan fingerprint density at radius 1 is 1.15 bits per heavy atom. The summed E-state index contributed by atoms with van der Waals surface area (Å²) < 4.78 is 4.67. The molecule has 1 unspecified atom stereocenters. The van der Waals surface area contributed by atoms with Gasteiger partial charge in [0, 0.05) is 35.8 Å². The zero-order valence-corrected chi connectivity index (χ0v) is 19.6. The molecule has 1 saturated carbocycles. The average molecular weight is 468 g/mol. The molecule has 182 valence electrons. The first-order valence-corrected chi connectivity index (χ1v) is 12.1. The Kier molecular flexibility index (Phi) is 7.82. The number of rotatable bonds is 3. The first-order valence-electron chi connectivity index (χ1n) is 12.1. The molecule has 0 saturated heterocycles. The summed E-state index contributed by atoms with van der Waals surface area (Å²) in [5, 5.41) is 12.2. The van der Waals surface area contributed by atoms with Crippen LogP contribution in [0.15, 0.2) is 35.3 Å². The van der Waals surface area contributed by atoms with Gasteiger partial charge in [0.05, 0.1) is 19.2 Å². The standard InChI is InChI=1S/C25H33N5O4/c1-34-25(33)27-17-12-13-18-20(14-17)28-22(31)11-7-3-6-10-19(23-26-15-21(18)29-23)30-24(32)16-8-4-2-5-9-16/h3,6,12-14,16,19,21H,2,4-5,7-11,15H2,1H3,(H,26,29)(H,27,33)(H,28,31)(H,30,32)/b6-3+/t19-,21?/m0/s1. The Morgan fingerprint density at radius 3 is 2.76 bits per heavy atom. The molecule has 1 aromatic rings. The quantitative estimate of drug-likeness (QED) is 0.506. The van der Waals surface area contributed by atoms with Crippen LogP contribution in [0.25, 0.3) is 0 Å². The number of nitrogens with zero attached hydrogens (tertiary/aromatic N) is 1. The maximum atomic E-state index is 12.9. The van der Waals surface area contributed by atoms with Crippen molar-refractivity contribution in [2.24, 2.45) is 10.9 Å². The van der Waals surface area contributed by atoms with E-state index in [0.29, 0.717) is 37.2 Å². The molecule has 0 aromatic heterocycles. The third-order valence-corrected chi connectivity index (χ3v) is 6.59. The summed E-state index contributed by atoms with van der Waals surface area (Å²) in [6.07, 6.45) is 10.3. The molecule has 1 fully saturated rings. The summed E-state index contributed by atoms with van der Waals surface area (Å²) in [6, 6.07) is 4.88. The number of hydrogen-bond acceptors (Lipinski definition) is 6. The van der Waals surface area contributed by atoms with E-state index in [1.165, 1.54) is 13.5 Å². The number of amidine groups is 1. The van der Waals surface area contributed by atoms with Gasteiger partial charge in [0.25, 0.3) is 0 Å². The molecule has 4 N–H and O–H groups in total. The van der Waals surface area contributed by atoms with Crippen LogP contribution in [0.4, 0.5) is 16.2 Å². The molecule has 2 bridgehead atoms. The second-order valence-corrected chi connectivity index (χ2v) is 9.02. The summed E-state index contributed by atoms with van der Waals surface area (Å²) in [5.74, 6) is 0.819. The molecule has 9 heteroatoms. The third-order valence-electron chi connectivity index (χ3n) is 6.59. The first kappa shape index (κ1) is 23.8. The van der Waals surface area contributed by atoms with E-state index < -0.39 is 6.09 Å². The minimum absolute atomic E-state index is 0.0726. The summed E-state index contributed by atoms with van der Waals surface area (Å²) in [7, 11) is 1.30. The minimum atomic E-state index is -0.583. The van der Waals surface area contributed by atoms with Crippen LogP contribution in [0.2, 0.25) is 0 Å². The van der Waals surface area contributed by atoms with Crippen molar-refractivity contribution in [3.05, 3.63) is 35.9 Å². The summed E-state index contributed by atoms with van der Waals surface area (Å²) >= 11 is 0. The summed E-state index contributed by atoms with van der Waals surface area (Å²) in [5.41, 5.74) is 1.96. The fourth-order valence-corrected chi connectivity index (χ4v) is 4.73. The normalized spacial score (nSPS) is 24.0. The van der Waals surface area contributed by atoms with E-state index in [9.17, 15) is 14.4 Å². The van der Waals surface area contributed by atoms with E-state index in [2.05, 4.69) is 26.0 Å². The fourth-order valence-electron chi connectivity index (χ4n) is 4.73. The van der Waals surface area contributed by atoms with E-state index in [0.717, 1.165) is 37.1 Å². The maximum Gasteiger partial charge on any atom is 0.411 e. The van der Waals surface area contributed by atoms with Crippen molar-refractivity contribution in [2.75, 3.05) is 24.3 Å². The highest BCUT2D eigenvalue weighted by Gasteiger charge is 2.30. The molecule has 4 rings (SSSR count). The van der Waals surface area contributed by atoms with E-state index in [-0.39, 0.29) is 29.8 Å². The van der Waals surface area contributed by atoms with Gasteiger partial charge in [-0.25, -0.2) is 4.79 Å². The molecule has 3 amide bonds. The largest absolute Gasteiger partial charge is 0.453 e. The molecule has 34 heavy (non-hydrogen) atoms. The van der Waals surface area contributed by atoms with Crippen molar-refractivity contribution in [3.8, 4) is 0 Å². The first-order chi connectivity index (χ1) is 16.5. The number of hydrogen-bond donors (Lipinski definition) is 4. The Balaban J connectivity index is 1.59. The Labute approximate surface area is 199 Å². The lowest BCUT2D eigenvalue weighted by Gasteiger charge is -2.24. The molecule has 2 heterocycles. The van der Waals surface area contributed by atoms with Gasteiger partial charge in [0.15, 0.2) is 0 Å². The van der Waals surface area contributed by atoms with Crippen LogP contribution in [0.1, 0.15) is 63.0 Å². The maximum absolute atomic E-state index is 12.9. The predicted octanol–water partition coefficient (Wildman–Crippen LogP) is 3.65. The molecular weight excluding hydrogens is 434 g/mol. The van der Waals surface area contributed by atoms with E-state index in [1.807, 2.05) is 18.2 Å². The van der Waals surface area contributed by atoms with Crippen LogP contribution in [0.5, 0.6) is 0 Å². The number of benzene rings is 1.